The van der Waals surface area contributed by atoms with Gasteiger partial charge >= 0.3 is 0 Å². The van der Waals surface area contributed by atoms with E-state index in [1.165, 1.54) is 6.92 Å². The topological polar surface area (TPSA) is 72.7 Å². The molecule has 26 heavy (non-hydrogen) atoms. The number of nitrogens with one attached hydrogen (secondary N) is 1. The zero-order valence-electron chi connectivity index (χ0n) is 15.4. The minimum atomic E-state index is -0.211. The van der Waals surface area contributed by atoms with E-state index in [2.05, 4.69) is 36.3 Å². The number of aryl methyl sites for hydroxylation is 1. The summed E-state index contributed by atoms with van der Waals surface area (Å²) in [5.41, 5.74) is 1.90. The summed E-state index contributed by atoms with van der Waals surface area (Å²) in [6.07, 6.45) is 0. The normalized spacial score (nSPS) is 12.3. The lowest BCUT2D eigenvalue weighted by molar-refractivity contribution is -0.120. The van der Waals surface area contributed by atoms with Crippen molar-refractivity contribution in [1.82, 2.24) is 25.1 Å². The van der Waals surface area contributed by atoms with Crippen LogP contribution in [0.3, 0.4) is 0 Å². The molecule has 0 aliphatic heterocycles. The SMILES string of the molecule is CC(=O)N[C@H](c1nc(-c2csc(C)n2)nn1Cc1ccccc1)C(C)C. The number of hydrogen-bond donors (Lipinski definition) is 1. The lowest BCUT2D eigenvalue weighted by Gasteiger charge is -2.21. The van der Waals surface area contributed by atoms with Gasteiger partial charge in [0.2, 0.25) is 11.7 Å². The van der Waals surface area contributed by atoms with Crippen molar-refractivity contribution in [3.8, 4) is 11.5 Å². The number of nitrogens with zero attached hydrogens (tertiary/aromatic N) is 4. The molecule has 0 aliphatic carbocycles. The van der Waals surface area contributed by atoms with Crippen molar-refractivity contribution in [2.24, 2.45) is 5.92 Å². The summed E-state index contributed by atoms with van der Waals surface area (Å²) in [5, 5.41) is 10.6. The maximum atomic E-state index is 11.7. The van der Waals surface area contributed by atoms with Gasteiger partial charge in [0.15, 0.2) is 5.82 Å². The molecule has 0 unspecified atom stereocenters. The molecule has 1 N–H and O–H groups in total. The van der Waals surface area contributed by atoms with E-state index in [-0.39, 0.29) is 17.9 Å². The van der Waals surface area contributed by atoms with Gasteiger partial charge in [0.1, 0.15) is 5.69 Å². The Balaban J connectivity index is 2.04. The predicted molar refractivity (Wildman–Crippen MR) is 103 cm³/mol. The van der Waals surface area contributed by atoms with Gasteiger partial charge in [-0.3, -0.25) is 4.79 Å². The third-order valence-corrected chi connectivity index (χ3v) is 4.80. The summed E-state index contributed by atoms with van der Waals surface area (Å²) < 4.78 is 1.87. The first kappa shape index (κ1) is 18.3. The van der Waals surface area contributed by atoms with Gasteiger partial charge in [-0.1, -0.05) is 44.2 Å². The molecule has 0 saturated heterocycles. The lowest BCUT2D eigenvalue weighted by atomic mass is 10.0. The van der Waals surface area contributed by atoms with Crippen molar-refractivity contribution in [3.63, 3.8) is 0 Å². The van der Waals surface area contributed by atoms with Crippen LogP contribution in [0.5, 0.6) is 0 Å². The fourth-order valence-electron chi connectivity index (χ4n) is 2.78. The zero-order valence-corrected chi connectivity index (χ0v) is 16.2. The Morgan fingerprint density at radius 3 is 2.54 bits per heavy atom. The molecule has 3 aromatic rings. The highest BCUT2D eigenvalue weighted by Gasteiger charge is 2.25. The van der Waals surface area contributed by atoms with Gasteiger partial charge < -0.3 is 5.32 Å². The van der Waals surface area contributed by atoms with Gasteiger partial charge in [-0.25, -0.2) is 14.6 Å². The number of benzene rings is 1. The van der Waals surface area contributed by atoms with Gasteiger partial charge in [0.05, 0.1) is 17.6 Å². The van der Waals surface area contributed by atoms with Crippen LogP contribution in [0.25, 0.3) is 11.5 Å². The van der Waals surface area contributed by atoms with Crippen molar-refractivity contribution in [2.75, 3.05) is 0 Å². The van der Waals surface area contributed by atoms with Crippen LogP contribution in [0.2, 0.25) is 0 Å². The zero-order chi connectivity index (χ0) is 18.7. The van der Waals surface area contributed by atoms with Crippen LogP contribution in [-0.2, 0) is 11.3 Å². The Hall–Kier alpha value is -2.54. The van der Waals surface area contributed by atoms with Crippen LogP contribution in [-0.4, -0.2) is 25.7 Å². The summed E-state index contributed by atoms with van der Waals surface area (Å²) in [4.78, 5) is 20.9. The van der Waals surface area contributed by atoms with Gasteiger partial charge in [-0.15, -0.1) is 16.4 Å². The van der Waals surface area contributed by atoms with Gasteiger partial charge in [-0.05, 0) is 18.4 Å². The largest absolute Gasteiger partial charge is 0.346 e. The van der Waals surface area contributed by atoms with E-state index in [1.54, 1.807) is 11.3 Å². The van der Waals surface area contributed by atoms with Crippen molar-refractivity contribution in [1.29, 1.82) is 0 Å². The Morgan fingerprint density at radius 1 is 1.23 bits per heavy atom. The predicted octanol–water partition coefficient (Wildman–Crippen LogP) is 3.59. The van der Waals surface area contributed by atoms with Crippen LogP contribution in [0.4, 0.5) is 0 Å². The van der Waals surface area contributed by atoms with Crippen LogP contribution in [0, 0.1) is 12.8 Å². The monoisotopic (exact) mass is 369 g/mol. The molecule has 1 amide bonds. The quantitative estimate of drug-likeness (QED) is 0.721. The second-order valence-corrected chi connectivity index (χ2v) is 7.67. The smallest absolute Gasteiger partial charge is 0.217 e. The second kappa shape index (κ2) is 7.78. The van der Waals surface area contributed by atoms with E-state index in [0.717, 1.165) is 22.1 Å². The third-order valence-electron chi connectivity index (χ3n) is 4.03. The molecule has 6 nitrogen and oxygen atoms in total. The van der Waals surface area contributed by atoms with E-state index in [4.69, 9.17) is 10.1 Å². The average molecular weight is 369 g/mol. The number of amides is 1. The highest BCUT2D eigenvalue weighted by Crippen LogP contribution is 2.25. The number of aromatic nitrogens is 4. The van der Waals surface area contributed by atoms with E-state index in [0.29, 0.717) is 12.4 Å². The molecule has 0 saturated carbocycles. The molecule has 0 radical (unpaired) electrons. The van der Waals surface area contributed by atoms with Gasteiger partial charge in [0.25, 0.3) is 0 Å². The first-order chi connectivity index (χ1) is 12.4. The third kappa shape index (κ3) is 4.16. The first-order valence-corrected chi connectivity index (χ1v) is 9.50. The second-order valence-electron chi connectivity index (χ2n) is 6.61. The Labute approximate surface area is 157 Å². The van der Waals surface area contributed by atoms with E-state index >= 15 is 0 Å². The Bertz CT molecular complexity index is 884. The van der Waals surface area contributed by atoms with Crippen LogP contribution in [0.1, 0.15) is 43.2 Å². The fourth-order valence-corrected chi connectivity index (χ4v) is 3.37. The van der Waals surface area contributed by atoms with Gasteiger partial charge in [0, 0.05) is 12.3 Å². The summed E-state index contributed by atoms with van der Waals surface area (Å²) >= 11 is 1.57. The number of rotatable bonds is 6. The van der Waals surface area contributed by atoms with E-state index < -0.39 is 0 Å². The number of hydrogen-bond acceptors (Lipinski definition) is 5. The van der Waals surface area contributed by atoms with Crippen LogP contribution in [0.15, 0.2) is 35.7 Å². The molecule has 0 bridgehead atoms. The van der Waals surface area contributed by atoms with Gasteiger partial charge in [-0.2, -0.15) is 0 Å². The molecule has 3 rings (SSSR count). The molecule has 2 heterocycles. The van der Waals surface area contributed by atoms with Crippen molar-refractivity contribution < 1.29 is 4.79 Å². The molecule has 136 valence electrons. The van der Waals surface area contributed by atoms with Crippen molar-refractivity contribution in [3.05, 3.63) is 52.1 Å². The molecular formula is C19H23N5OS. The highest BCUT2D eigenvalue weighted by atomic mass is 32.1. The number of carbonyl (C=O) groups is 1. The van der Waals surface area contributed by atoms with Crippen LogP contribution >= 0.6 is 11.3 Å². The number of carbonyl (C=O) groups excluding carboxylic acids is 1. The van der Waals surface area contributed by atoms with Crippen LogP contribution < -0.4 is 5.32 Å². The fraction of sp³-hybridized carbons (Fsp3) is 0.368. The Morgan fingerprint density at radius 2 is 1.96 bits per heavy atom. The molecule has 0 spiro atoms. The molecular weight excluding hydrogens is 346 g/mol. The molecule has 1 aromatic carbocycles. The summed E-state index contributed by atoms with van der Waals surface area (Å²) in [6.45, 7) is 8.21. The summed E-state index contributed by atoms with van der Waals surface area (Å²) in [6, 6.07) is 9.90. The first-order valence-electron chi connectivity index (χ1n) is 8.62. The summed E-state index contributed by atoms with van der Waals surface area (Å²) in [7, 11) is 0. The molecule has 0 aliphatic rings. The molecule has 2 aromatic heterocycles. The lowest BCUT2D eigenvalue weighted by Crippen LogP contribution is -2.32. The molecule has 1 atom stereocenters. The van der Waals surface area contributed by atoms with Crippen molar-refractivity contribution in [2.45, 2.75) is 40.3 Å². The minimum Gasteiger partial charge on any atom is -0.346 e. The van der Waals surface area contributed by atoms with E-state index in [1.807, 2.05) is 35.2 Å². The highest BCUT2D eigenvalue weighted by molar-refractivity contribution is 7.09. The maximum Gasteiger partial charge on any atom is 0.217 e. The average Bonchev–Trinajstić information content (AvgIpc) is 3.20. The maximum absolute atomic E-state index is 11.7. The minimum absolute atomic E-state index is 0.0796. The van der Waals surface area contributed by atoms with E-state index in [9.17, 15) is 4.79 Å². The standard InChI is InChI=1S/C19H23N5OS/c1-12(2)17(20-13(3)25)19-22-18(16-11-26-14(4)21-16)23-24(19)10-15-8-6-5-7-9-15/h5-9,11-12,17H,10H2,1-4H3,(H,20,25)/t17-/m0/s1. The summed E-state index contributed by atoms with van der Waals surface area (Å²) in [5.74, 6) is 1.45. The molecule has 7 heteroatoms. The van der Waals surface area contributed by atoms with Crippen molar-refractivity contribution >= 4 is 17.2 Å². The molecule has 0 fully saturated rings. The number of thiazole rings is 1. The Kier molecular flexibility index (Phi) is 5.46.